The number of carbonyl (C=O) groups excluding carboxylic acids is 2. The van der Waals surface area contributed by atoms with Crippen molar-refractivity contribution in [3.8, 4) is 5.75 Å². The molecule has 1 heterocycles. The molecule has 134 valence electrons. The zero-order valence-electron chi connectivity index (χ0n) is 15.2. The van der Waals surface area contributed by atoms with Crippen LogP contribution < -0.4 is 10.1 Å². The van der Waals surface area contributed by atoms with Crippen LogP contribution in [0.2, 0.25) is 0 Å². The normalized spacial score (nSPS) is 10.9. The highest BCUT2D eigenvalue weighted by molar-refractivity contribution is 6.09. The summed E-state index contributed by atoms with van der Waals surface area (Å²) in [6, 6.07) is 14.8. The summed E-state index contributed by atoms with van der Waals surface area (Å²) in [5.74, 6) is 0.564. The fraction of sp³-hybridized carbons (Fsp3) is 0.238. The third-order valence-electron chi connectivity index (χ3n) is 4.27. The van der Waals surface area contributed by atoms with Crippen LogP contribution in [0.25, 0.3) is 10.9 Å². The molecule has 2 aromatic carbocycles. The lowest BCUT2D eigenvalue weighted by molar-refractivity contribution is -0.116. The van der Waals surface area contributed by atoms with Crippen LogP contribution >= 0.6 is 0 Å². The van der Waals surface area contributed by atoms with Crippen LogP contribution in [0.5, 0.6) is 5.75 Å². The Morgan fingerprint density at radius 3 is 2.42 bits per heavy atom. The van der Waals surface area contributed by atoms with Crippen molar-refractivity contribution in [3.63, 3.8) is 0 Å². The molecule has 0 fully saturated rings. The summed E-state index contributed by atoms with van der Waals surface area (Å²) in [5, 5.41) is 3.75. The molecular weight excluding hydrogens is 328 g/mol. The van der Waals surface area contributed by atoms with Crippen LogP contribution in [0.15, 0.2) is 54.7 Å². The lowest BCUT2D eigenvalue weighted by Crippen LogP contribution is -2.18. The Morgan fingerprint density at radius 2 is 1.77 bits per heavy atom. The minimum atomic E-state index is -0.153. The first kappa shape index (κ1) is 17.7. The van der Waals surface area contributed by atoms with Crippen molar-refractivity contribution >= 4 is 28.3 Å². The molecule has 0 bridgehead atoms. The summed E-state index contributed by atoms with van der Waals surface area (Å²) < 4.78 is 6.94. The molecule has 3 rings (SSSR count). The Bertz CT molecular complexity index is 940. The van der Waals surface area contributed by atoms with E-state index in [1.807, 2.05) is 42.7 Å². The van der Waals surface area contributed by atoms with Gasteiger partial charge in [0.15, 0.2) is 5.78 Å². The lowest BCUT2D eigenvalue weighted by atomic mass is 10.0. The third-order valence-corrected chi connectivity index (χ3v) is 4.27. The number of ketones is 1. The topological polar surface area (TPSA) is 60.3 Å². The van der Waals surface area contributed by atoms with Crippen LogP contribution in [-0.4, -0.2) is 23.4 Å². The summed E-state index contributed by atoms with van der Waals surface area (Å²) in [5.41, 5.74) is 2.24. The average Bonchev–Trinajstić information content (AvgIpc) is 3.00. The maximum atomic E-state index is 12.5. The molecule has 1 N–H and O–H groups in total. The van der Waals surface area contributed by atoms with Gasteiger partial charge in [-0.1, -0.05) is 32.0 Å². The number of para-hydroxylation sites is 1. The standard InChI is InChI=1S/C21H22N2O3/c1-14(2)21(25)18-12-23(19-7-5-4-6-17(18)19)13-20(24)22-15-8-10-16(26-3)11-9-15/h4-12,14H,13H2,1-3H3,(H,22,24). The molecule has 5 heteroatoms. The van der Waals surface area contributed by atoms with Gasteiger partial charge in [0.1, 0.15) is 12.3 Å². The van der Waals surface area contributed by atoms with E-state index in [0.29, 0.717) is 11.3 Å². The van der Waals surface area contributed by atoms with Crippen molar-refractivity contribution in [3.05, 3.63) is 60.3 Å². The number of hydrogen-bond acceptors (Lipinski definition) is 3. The number of nitrogens with one attached hydrogen (secondary N) is 1. The summed E-state index contributed by atoms with van der Waals surface area (Å²) >= 11 is 0. The van der Waals surface area contributed by atoms with E-state index >= 15 is 0 Å². The molecule has 0 unspecified atom stereocenters. The first-order valence-corrected chi connectivity index (χ1v) is 8.55. The zero-order valence-corrected chi connectivity index (χ0v) is 15.2. The highest BCUT2D eigenvalue weighted by atomic mass is 16.5. The Hall–Kier alpha value is -3.08. The van der Waals surface area contributed by atoms with E-state index in [1.165, 1.54) is 0 Å². The fourth-order valence-electron chi connectivity index (χ4n) is 2.91. The first-order chi connectivity index (χ1) is 12.5. The minimum Gasteiger partial charge on any atom is -0.497 e. The van der Waals surface area contributed by atoms with Crippen molar-refractivity contribution in [1.29, 1.82) is 0 Å². The molecule has 3 aromatic rings. The van der Waals surface area contributed by atoms with E-state index < -0.39 is 0 Å². The van der Waals surface area contributed by atoms with Crippen LogP contribution in [0, 0.1) is 5.92 Å². The molecular formula is C21H22N2O3. The molecule has 1 aromatic heterocycles. The monoisotopic (exact) mass is 350 g/mol. The second kappa shape index (κ2) is 7.44. The minimum absolute atomic E-state index is 0.0792. The molecule has 0 saturated heterocycles. The number of carbonyl (C=O) groups is 2. The second-order valence-electron chi connectivity index (χ2n) is 6.48. The number of nitrogens with zero attached hydrogens (tertiary/aromatic N) is 1. The lowest BCUT2D eigenvalue weighted by Gasteiger charge is -2.08. The Kier molecular flexibility index (Phi) is 5.07. The predicted molar refractivity (Wildman–Crippen MR) is 103 cm³/mol. The first-order valence-electron chi connectivity index (χ1n) is 8.55. The molecule has 0 aliphatic heterocycles. The van der Waals surface area contributed by atoms with E-state index in [0.717, 1.165) is 16.7 Å². The van der Waals surface area contributed by atoms with Crippen LogP contribution in [-0.2, 0) is 11.3 Å². The molecule has 5 nitrogen and oxygen atoms in total. The van der Waals surface area contributed by atoms with E-state index in [-0.39, 0.29) is 24.2 Å². The number of hydrogen-bond donors (Lipinski definition) is 1. The van der Waals surface area contributed by atoms with Gasteiger partial charge in [-0.15, -0.1) is 0 Å². The predicted octanol–water partition coefficient (Wildman–Crippen LogP) is 4.13. The van der Waals surface area contributed by atoms with Gasteiger partial charge in [0, 0.05) is 34.3 Å². The van der Waals surface area contributed by atoms with E-state index in [4.69, 9.17) is 4.74 Å². The highest BCUT2D eigenvalue weighted by Crippen LogP contribution is 2.24. The number of aromatic nitrogens is 1. The Labute approximate surface area is 152 Å². The van der Waals surface area contributed by atoms with E-state index in [1.54, 1.807) is 37.6 Å². The van der Waals surface area contributed by atoms with Crippen molar-refractivity contribution in [2.75, 3.05) is 12.4 Å². The Morgan fingerprint density at radius 1 is 1.08 bits per heavy atom. The summed E-state index contributed by atoms with van der Waals surface area (Å²) in [6.07, 6.45) is 1.78. The third kappa shape index (κ3) is 3.61. The number of anilines is 1. The molecule has 0 aliphatic carbocycles. The van der Waals surface area contributed by atoms with Crippen molar-refractivity contribution in [2.45, 2.75) is 20.4 Å². The SMILES string of the molecule is COc1ccc(NC(=O)Cn2cc(C(=O)C(C)C)c3ccccc32)cc1. The molecule has 0 spiro atoms. The summed E-state index contributed by atoms with van der Waals surface area (Å²) in [6.45, 7) is 3.90. The van der Waals surface area contributed by atoms with Gasteiger partial charge >= 0.3 is 0 Å². The van der Waals surface area contributed by atoms with Crippen molar-refractivity contribution in [1.82, 2.24) is 4.57 Å². The highest BCUT2D eigenvalue weighted by Gasteiger charge is 2.18. The summed E-state index contributed by atoms with van der Waals surface area (Å²) in [4.78, 5) is 24.9. The van der Waals surface area contributed by atoms with Crippen LogP contribution in [0.4, 0.5) is 5.69 Å². The number of benzene rings is 2. The number of ether oxygens (including phenoxy) is 1. The molecule has 0 radical (unpaired) electrons. The number of fused-ring (bicyclic) bond motifs is 1. The number of rotatable bonds is 6. The fourth-order valence-corrected chi connectivity index (χ4v) is 2.91. The zero-order chi connectivity index (χ0) is 18.7. The van der Waals surface area contributed by atoms with Gasteiger partial charge in [-0.3, -0.25) is 9.59 Å². The van der Waals surface area contributed by atoms with E-state index in [9.17, 15) is 9.59 Å². The van der Waals surface area contributed by atoms with Gasteiger partial charge in [0.25, 0.3) is 0 Å². The number of methoxy groups -OCH3 is 1. The molecule has 0 aliphatic rings. The number of Topliss-reactive ketones (excluding diaryl/α,β-unsaturated/α-hetero) is 1. The van der Waals surface area contributed by atoms with Gasteiger partial charge < -0.3 is 14.6 Å². The van der Waals surface area contributed by atoms with Crippen LogP contribution in [0.3, 0.4) is 0 Å². The molecule has 0 saturated carbocycles. The quantitative estimate of drug-likeness (QED) is 0.680. The average molecular weight is 350 g/mol. The van der Waals surface area contributed by atoms with Crippen LogP contribution in [0.1, 0.15) is 24.2 Å². The molecule has 0 atom stereocenters. The molecule has 26 heavy (non-hydrogen) atoms. The Balaban J connectivity index is 1.83. The largest absolute Gasteiger partial charge is 0.497 e. The van der Waals surface area contributed by atoms with Crippen molar-refractivity contribution < 1.29 is 14.3 Å². The second-order valence-corrected chi connectivity index (χ2v) is 6.48. The maximum Gasteiger partial charge on any atom is 0.244 e. The van der Waals surface area contributed by atoms with Gasteiger partial charge in [-0.2, -0.15) is 0 Å². The van der Waals surface area contributed by atoms with Gasteiger partial charge in [-0.25, -0.2) is 0 Å². The maximum absolute atomic E-state index is 12.5. The number of amides is 1. The summed E-state index contributed by atoms with van der Waals surface area (Å²) in [7, 11) is 1.60. The van der Waals surface area contributed by atoms with Crippen molar-refractivity contribution in [2.24, 2.45) is 5.92 Å². The van der Waals surface area contributed by atoms with E-state index in [2.05, 4.69) is 5.32 Å². The smallest absolute Gasteiger partial charge is 0.244 e. The van der Waals surface area contributed by atoms with Gasteiger partial charge in [-0.05, 0) is 30.3 Å². The van der Waals surface area contributed by atoms with Gasteiger partial charge in [0.2, 0.25) is 5.91 Å². The van der Waals surface area contributed by atoms with Gasteiger partial charge in [0.05, 0.1) is 7.11 Å². The molecule has 1 amide bonds.